The smallest absolute Gasteiger partial charge is 0.341 e. The van der Waals surface area contributed by atoms with Crippen LogP contribution in [-0.4, -0.2) is 220 Å². The van der Waals surface area contributed by atoms with Gasteiger partial charge < -0.3 is 74.6 Å². The van der Waals surface area contributed by atoms with Crippen LogP contribution in [0.3, 0.4) is 0 Å². The minimum Gasteiger partial charge on any atom is -0.478 e. The van der Waals surface area contributed by atoms with Crippen LogP contribution in [-0.2, 0) is 62.5 Å². The van der Waals surface area contributed by atoms with E-state index in [0.717, 1.165) is 125 Å². The summed E-state index contributed by atoms with van der Waals surface area (Å²) in [6, 6.07) is 27.6. The Morgan fingerprint density at radius 2 is 1.08 bits per heavy atom. The minimum atomic E-state index is -3.04. The summed E-state index contributed by atoms with van der Waals surface area (Å²) < 4.78 is 66.9. The molecule has 0 spiro atoms. The normalized spacial score (nSPS) is 19.9. The second kappa shape index (κ2) is 55.2. The summed E-state index contributed by atoms with van der Waals surface area (Å²) in [5, 5.41) is 13.2. The van der Waals surface area contributed by atoms with Crippen molar-refractivity contribution in [3.8, 4) is 12.0 Å². The zero-order valence-electron chi connectivity index (χ0n) is 74.2. The molecule has 0 bridgehead atoms. The molecule has 11 rings (SSSR count). The second-order valence-corrected chi connectivity index (χ2v) is 41.0. The van der Waals surface area contributed by atoms with Gasteiger partial charge >= 0.3 is 25.6 Å². The molecule has 6 atom stereocenters. The number of aryl methyl sites for hydroxylation is 2. The van der Waals surface area contributed by atoms with Crippen molar-refractivity contribution in [2.75, 3.05) is 167 Å². The fourth-order valence-electron chi connectivity index (χ4n) is 14.4. The Labute approximate surface area is 711 Å². The topological polar surface area (TPSA) is 268 Å². The number of alkyl halides is 1. The maximum absolute atomic E-state index is 12.7. The van der Waals surface area contributed by atoms with E-state index in [9.17, 15) is 18.5 Å². The van der Waals surface area contributed by atoms with Gasteiger partial charge in [0.2, 0.25) is 19.0 Å². The van der Waals surface area contributed by atoms with E-state index in [1.165, 1.54) is 109 Å². The van der Waals surface area contributed by atoms with Gasteiger partial charge in [0.1, 0.15) is 30.9 Å². The van der Waals surface area contributed by atoms with Crippen molar-refractivity contribution >= 4 is 95.1 Å². The Hall–Kier alpha value is -6.94. The highest BCUT2D eigenvalue weighted by molar-refractivity contribution is 8.06. The number of halogens is 1. The molecule has 2 unspecified atom stereocenters. The third kappa shape index (κ3) is 33.8. The third-order valence-corrected chi connectivity index (χ3v) is 34.1. The molecule has 7 heterocycles. The number of ether oxygens (including phenoxy) is 4. The molecule has 0 aliphatic carbocycles. The maximum Gasteiger partial charge on any atom is 0.341 e. The molecule has 25 nitrogen and oxygen atoms in total. The fraction of sp³-hybridized carbons (Fsp3) is 0.586. The summed E-state index contributed by atoms with van der Waals surface area (Å²) in [6.07, 6.45) is 19.0. The quantitative estimate of drug-likeness (QED) is 0.0224. The Morgan fingerprint density at radius 3 is 1.43 bits per heavy atom. The molecule has 5 aliphatic rings. The summed E-state index contributed by atoms with van der Waals surface area (Å²) in [6.45, 7) is 51.1. The molecule has 654 valence electrons. The average Bonchev–Trinajstić information content (AvgIpc) is 0.909. The van der Waals surface area contributed by atoms with Crippen molar-refractivity contribution in [3.63, 3.8) is 0 Å². The fourth-order valence-corrected chi connectivity index (χ4v) is 30.8. The number of fused-ring (bicyclic) bond motifs is 4. The number of amides is 1. The standard InChI is InChI=1S/2C24H29N5O.C11H18N2O2.C9H23O4P5.C7H13N.C6H15N.C5H8O3.CH3F/c2*1-16-6-3-7-17-8-4-10-21(22(16)17)29-13-11-19-20(14-29)26-24(27-23(19)25)30-15-18-9-5-12-28(18)2;1-5-13(10(2)9-12-3)11(14)7-6-8-15-4;1-4-7-16(10)11-17(14,8-5-2)13-18(15,12-16)9-6-3;1-4-5-7(2)6-8-3;1-4-7(5-2)6-3;1-8-4-2-3-5(6)7;1-2/h2*3-4,6-8,10,18H,5,9,11-15H2,1-2H3,(H2,25,26,27);6-7,10H,5,8-9H2,1-2,4H3;14-15H,4-9H2,1-3H3;7H,4-6H2,1-2H3;4-6H2,1-3H3;2-3H,4H2,1H3,(H,6,7);1H3/b;;7-6+;;;;3-2+;/t2*18-;10-;;7-;;;/m001.0.../s1/i;;;;;;;1D. The molecule has 118 heavy (non-hydrogen) atoms. The number of carboxylic acid groups (broad SMARTS) is 1. The predicted molar refractivity (Wildman–Crippen MR) is 493 cm³/mol. The highest BCUT2D eigenvalue weighted by Gasteiger charge is 2.44. The molecule has 1 amide bonds. The van der Waals surface area contributed by atoms with E-state index in [-0.39, 0.29) is 11.9 Å². The Bertz CT molecular complexity index is 4100. The molecule has 3 fully saturated rings. The van der Waals surface area contributed by atoms with Gasteiger partial charge in [0.05, 0.1) is 52.4 Å². The lowest BCUT2D eigenvalue weighted by molar-refractivity contribution is -0.131. The van der Waals surface area contributed by atoms with Crippen molar-refractivity contribution in [1.29, 1.82) is 0 Å². The lowest BCUT2D eigenvalue weighted by Crippen LogP contribution is -2.38. The van der Waals surface area contributed by atoms with Crippen LogP contribution in [0.1, 0.15) is 162 Å². The van der Waals surface area contributed by atoms with E-state index in [1.54, 1.807) is 18.1 Å². The van der Waals surface area contributed by atoms with Gasteiger partial charge in [-0.25, -0.2) is 17.9 Å². The van der Waals surface area contributed by atoms with E-state index in [2.05, 4.69) is 215 Å². The molecular weight excluding hydrogens is 1590 g/mol. The summed E-state index contributed by atoms with van der Waals surface area (Å²) >= 11 is 0. The number of rotatable bonds is 29. The first-order chi connectivity index (χ1) is 57.0. The van der Waals surface area contributed by atoms with Crippen molar-refractivity contribution in [3.05, 3.63) is 154 Å². The number of hydrogen-bond donors (Lipinski definition) is 3. The molecule has 0 radical (unpaired) electrons. The molecule has 0 saturated carbocycles. The molecule has 5 N–H and O–H groups in total. The van der Waals surface area contributed by atoms with Crippen molar-refractivity contribution < 1.29 is 56.9 Å². The summed E-state index contributed by atoms with van der Waals surface area (Å²) in [7, 11) is 6.07. The number of carbonyl (C=O) groups is 2. The zero-order valence-corrected chi connectivity index (χ0v) is 77.9. The number of carbonyl (C=O) groups excluding carboxylic acids is 1. The lowest BCUT2D eigenvalue weighted by atomic mass is 10.00. The van der Waals surface area contributed by atoms with Crippen molar-refractivity contribution in [1.82, 2.24) is 39.5 Å². The van der Waals surface area contributed by atoms with Gasteiger partial charge in [-0.2, -0.15) is 19.9 Å². The van der Waals surface area contributed by atoms with E-state index in [1.807, 2.05) is 20.8 Å². The zero-order chi connectivity index (χ0) is 88.1. The van der Waals surface area contributed by atoms with E-state index in [0.29, 0.717) is 93.9 Å². The summed E-state index contributed by atoms with van der Waals surface area (Å²) in [5.74, 6) is 0.720. The first-order valence-electron chi connectivity index (χ1n) is 42.2. The molecule has 6 aromatic rings. The Kier molecular flexibility index (Phi) is 47.5. The number of hydrogen-bond acceptors (Lipinski definition) is 21. The number of methoxy groups -OCH3 is 2. The second-order valence-electron chi connectivity index (χ2n) is 29.6. The number of nitrogen functional groups attached to an aromatic ring is 2. The number of carboxylic acids is 1. The number of likely N-dealkylation sites (N-methyl/N-ethyl adjacent to an activating group) is 3. The number of nitrogens with two attached hydrogens (primary N) is 2. The van der Waals surface area contributed by atoms with Crippen LogP contribution in [0, 0.1) is 32.9 Å². The van der Waals surface area contributed by atoms with Crippen LogP contribution in [0.4, 0.5) is 27.4 Å². The number of aliphatic carboxylic acids is 1. The van der Waals surface area contributed by atoms with Gasteiger partial charge in [-0.1, -0.05) is 152 Å². The van der Waals surface area contributed by atoms with Gasteiger partial charge in [0.25, 0.3) is 0 Å². The van der Waals surface area contributed by atoms with Crippen LogP contribution >= 0.6 is 38.7 Å². The van der Waals surface area contributed by atoms with Gasteiger partial charge in [0.15, 0.2) is 14.0 Å². The van der Waals surface area contributed by atoms with Gasteiger partial charge in [-0.15, -0.1) is 0 Å². The van der Waals surface area contributed by atoms with E-state index < -0.39 is 34.7 Å². The molecule has 5 aliphatic heterocycles. The molecule has 31 heteroatoms. The number of anilines is 4. The number of nitrogens with zero attached hydrogens (tertiary/aromatic N) is 12. The first kappa shape index (κ1) is 102. The summed E-state index contributed by atoms with van der Waals surface area (Å²) in [4.78, 5) is 59.9. The number of likely N-dealkylation sites (tertiary alicyclic amines) is 2. The van der Waals surface area contributed by atoms with E-state index in [4.69, 9.17) is 68.2 Å². The van der Waals surface area contributed by atoms with Crippen LogP contribution in [0.5, 0.6) is 12.0 Å². The SMILES string of the molecule is CCCP1(=O)OP(=P)(CCC)OP(=P)(CCC)O1.CCN(CC)CC.COC/C=C/C(=O)O.Cc1cccc2cccc(N3CCc4c(N)nc(OC[C@@H]5CCCN5C)nc4C3)c12.Cc1cccc2cccc(N3CCc4c(N)nc(OC[C@@H]5CCCN5C)nc4C3)c12.[2H]CF.[C-]#[N+]C[C@@H](C)CCC.[C-]#[N+]C[C@@H](C)N(CC)C(=O)/C=C/COC. The Balaban J connectivity index is 0.000000311. The Morgan fingerprint density at radius 1 is 0.653 bits per heavy atom. The highest BCUT2D eigenvalue weighted by Crippen LogP contribution is 2.85. The average molecular weight is 1730 g/mol. The number of aromatic nitrogens is 4. The molecular formula is C87H138FN14O11P5. The molecule has 2 aromatic heterocycles. The summed E-state index contributed by atoms with van der Waals surface area (Å²) in [5.41, 5.74) is 21.8. The van der Waals surface area contributed by atoms with Gasteiger partial charge in [-0.3, -0.25) is 26.7 Å². The van der Waals surface area contributed by atoms with Gasteiger partial charge in [0, 0.05) is 110 Å². The largest absolute Gasteiger partial charge is 0.478 e. The number of benzene rings is 4. The van der Waals surface area contributed by atoms with Crippen LogP contribution < -0.4 is 30.7 Å². The predicted octanol–water partition coefficient (Wildman–Crippen LogP) is 19.3. The minimum absolute atomic E-state index is 0.0350. The van der Waals surface area contributed by atoms with Crippen LogP contribution in [0.15, 0.2) is 97.1 Å². The first-order valence-corrected chi connectivity index (χ1v) is 49.6. The van der Waals surface area contributed by atoms with Gasteiger partial charge in [-0.05, 0) is 173 Å². The monoisotopic (exact) mass is 1730 g/mol. The third-order valence-electron chi connectivity index (χ3n) is 20.6. The molecule has 3 saturated heterocycles. The molecule has 4 aromatic carbocycles. The maximum atomic E-state index is 12.7. The lowest BCUT2D eigenvalue weighted by Gasteiger charge is -2.40. The van der Waals surface area contributed by atoms with Crippen LogP contribution in [0.2, 0.25) is 0 Å². The van der Waals surface area contributed by atoms with Crippen LogP contribution in [0.25, 0.3) is 31.2 Å². The van der Waals surface area contributed by atoms with Crippen molar-refractivity contribution in [2.24, 2.45) is 5.92 Å². The van der Waals surface area contributed by atoms with Crippen molar-refractivity contribution in [2.45, 2.75) is 185 Å². The van der Waals surface area contributed by atoms with E-state index >= 15 is 0 Å². The highest BCUT2D eigenvalue weighted by atomic mass is 31.8.